The molecule has 1 aromatic rings. The predicted molar refractivity (Wildman–Crippen MR) is 84.9 cm³/mol. The van der Waals surface area contributed by atoms with Crippen molar-refractivity contribution >= 4 is 23.6 Å². The summed E-state index contributed by atoms with van der Waals surface area (Å²) in [6.45, 7) is 6.33. The molecule has 0 aliphatic carbocycles. The molecule has 1 unspecified atom stereocenters. The molecule has 5 heteroatoms. The van der Waals surface area contributed by atoms with E-state index in [0.29, 0.717) is 17.7 Å². The Balaban J connectivity index is 2.15. The van der Waals surface area contributed by atoms with Gasteiger partial charge in [0.05, 0.1) is 0 Å². The summed E-state index contributed by atoms with van der Waals surface area (Å²) in [7, 11) is 0. The number of nitrogens with one attached hydrogen (secondary N) is 1. The molecule has 4 nitrogen and oxygen atoms in total. The van der Waals surface area contributed by atoms with Crippen molar-refractivity contribution in [3.8, 4) is 0 Å². The molecule has 0 aromatic heterocycles. The van der Waals surface area contributed by atoms with Gasteiger partial charge in [-0.3, -0.25) is 4.79 Å². The highest BCUT2D eigenvalue weighted by atomic mass is 32.2. The van der Waals surface area contributed by atoms with Crippen LogP contribution < -0.4 is 5.32 Å². The molecule has 2 rings (SSSR count). The fraction of sp³-hybridized carbons (Fsp3) is 0.500. The summed E-state index contributed by atoms with van der Waals surface area (Å²) >= 11 is 1.56. The normalized spacial score (nSPS) is 22.0. The number of carboxylic acid groups (broad SMARTS) is 1. The van der Waals surface area contributed by atoms with E-state index in [1.54, 1.807) is 23.9 Å². The van der Waals surface area contributed by atoms with Crippen LogP contribution in [0.25, 0.3) is 0 Å². The van der Waals surface area contributed by atoms with Gasteiger partial charge >= 0.3 is 5.97 Å². The number of amides is 1. The van der Waals surface area contributed by atoms with Gasteiger partial charge in [0.15, 0.2) is 0 Å². The van der Waals surface area contributed by atoms with Gasteiger partial charge in [-0.05, 0) is 35.3 Å². The van der Waals surface area contributed by atoms with Gasteiger partial charge in [-0.2, -0.15) is 11.8 Å². The highest BCUT2D eigenvalue weighted by molar-refractivity contribution is 7.99. The lowest BCUT2D eigenvalue weighted by atomic mass is 9.86. The molecule has 1 aromatic carbocycles. The molecule has 0 saturated carbocycles. The monoisotopic (exact) mass is 307 g/mol. The van der Waals surface area contributed by atoms with E-state index < -0.39 is 11.5 Å². The number of benzene rings is 1. The zero-order valence-electron chi connectivity index (χ0n) is 12.6. The molecule has 1 saturated heterocycles. The fourth-order valence-corrected chi connectivity index (χ4v) is 3.62. The second-order valence-electron chi connectivity index (χ2n) is 6.47. The third-order valence-electron chi connectivity index (χ3n) is 3.80. The number of carboxylic acids is 1. The average Bonchev–Trinajstić information content (AvgIpc) is 2.88. The summed E-state index contributed by atoms with van der Waals surface area (Å²) < 4.78 is 0. The van der Waals surface area contributed by atoms with Crippen LogP contribution in [0.3, 0.4) is 0 Å². The van der Waals surface area contributed by atoms with Crippen LogP contribution in [-0.2, 0) is 10.2 Å². The van der Waals surface area contributed by atoms with E-state index in [0.717, 1.165) is 11.3 Å². The maximum Gasteiger partial charge on any atom is 0.330 e. The number of hydrogen-bond acceptors (Lipinski definition) is 3. The predicted octanol–water partition coefficient (Wildman–Crippen LogP) is 2.67. The molecule has 0 radical (unpaired) electrons. The molecule has 1 fully saturated rings. The van der Waals surface area contributed by atoms with Crippen molar-refractivity contribution in [3.63, 3.8) is 0 Å². The first-order chi connectivity index (χ1) is 9.74. The molecule has 0 spiro atoms. The molecule has 1 heterocycles. The molecule has 0 bridgehead atoms. The van der Waals surface area contributed by atoms with Crippen LogP contribution in [0.5, 0.6) is 0 Å². The molecule has 2 N–H and O–H groups in total. The third-order valence-corrected chi connectivity index (χ3v) is 4.99. The van der Waals surface area contributed by atoms with Crippen molar-refractivity contribution in [3.05, 3.63) is 35.4 Å². The highest BCUT2D eigenvalue weighted by Gasteiger charge is 2.43. The Hall–Kier alpha value is -1.49. The first-order valence-corrected chi connectivity index (χ1v) is 8.14. The summed E-state index contributed by atoms with van der Waals surface area (Å²) in [5.41, 5.74) is 0.549. The summed E-state index contributed by atoms with van der Waals surface area (Å²) in [6.07, 6.45) is 0.471. The molecular formula is C16H21NO3S. The van der Waals surface area contributed by atoms with Gasteiger partial charge in [0.1, 0.15) is 5.54 Å². The van der Waals surface area contributed by atoms with Gasteiger partial charge in [0, 0.05) is 11.3 Å². The molecule has 21 heavy (non-hydrogen) atoms. The van der Waals surface area contributed by atoms with Crippen molar-refractivity contribution in [1.29, 1.82) is 0 Å². The maximum atomic E-state index is 12.3. The van der Waals surface area contributed by atoms with E-state index in [1.165, 1.54) is 0 Å². The Labute approximate surface area is 129 Å². The van der Waals surface area contributed by atoms with Crippen molar-refractivity contribution in [2.24, 2.45) is 0 Å². The van der Waals surface area contributed by atoms with Gasteiger partial charge in [-0.1, -0.05) is 32.9 Å². The largest absolute Gasteiger partial charge is 0.479 e. The zero-order chi connectivity index (χ0) is 15.7. The Bertz CT molecular complexity index is 540. The summed E-state index contributed by atoms with van der Waals surface area (Å²) in [5, 5.41) is 12.1. The van der Waals surface area contributed by atoms with E-state index in [9.17, 15) is 14.7 Å². The average molecular weight is 307 g/mol. The molecule has 1 aliphatic heterocycles. The van der Waals surface area contributed by atoms with Gasteiger partial charge < -0.3 is 10.4 Å². The molecule has 1 amide bonds. The minimum atomic E-state index is -1.12. The van der Waals surface area contributed by atoms with Crippen LogP contribution in [-0.4, -0.2) is 34.0 Å². The van der Waals surface area contributed by atoms with Crippen molar-refractivity contribution in [2.75, 3.05) is 11.5 Å². The number of carbonyl (C=O) groups is 2. The van der Waals surface area contributed by atoms with Crippen LogP contribution in [0.2, 0.25) is 0 Å². The second kappa shape index (κ2) is 5.72. The van der Waals surface area contributed by atoms with Crippen LogP contribution in [0.4, 0.5) is 0 Å². The molecule has 114 valence electrons. The number of aliphatic carboxylic acids is 1. The minimum Gasteiger partial charge on any atom is -0.479 e. The first-order valence-electron chi connectivity index (χ1n) is 6.99. The third kappa shape index (κ3) is 3.40. The van der Waals surface area contributed by atoms with E-state index in [2.05, 4.69) is 26.1 Å². The number of carbonyl (C=O) groups excluding carboxylic acids is 1. The van der Waals surface area contributed by atoms with E-state index in [4.69, 9.17) is 0 Å². The maximum absolute atomic E-state index is 12.3. The minimum absolute atomic E-state index is 0.0272. The van der Waals surface area contributed by atoms with E-state index >= 15 is 0 Å². The van der Waals surface area contributed by atoms with Crippen molar-refractivity contribution in [1.82, 2.24) is 5.32 Å². The van der Waals surface area contributed by atoms with Gasteiger partial charge in [-0.25, -0.2) is 4.79 Å². The number of hydrogen-bond donors (Lipinski definition) is 2. The Kier molecular flexibility index (Phi) is 4.33. The SMILES string of the molecule is CC(C)(C)c1ccc(C(=O)NC2(C(=O)O)CCSC2)cc1. The Morgan fingerprint density at radius 1 is 1.24 bits per heavy atom. The molecule has 1 atom stereocenters. The fourth-order valence-electron chi connectivity index (χ4n) is 2.30. The van der Waals surface area contributed by atoms with Gasteiger partial charge in [0.25, 0.3) is 5.91 Å². The summed E-state index contributed by atoms with van der Waals surface area (Å²) in [6, 6.07) is 7.36. The van der Waals surface area contributed by atoms with Gasteiger partial charge in [0.2, 0.25) is 0 Å². The topological polar surface area (TPSA) is 66.4 Å². The second-order valence-corrected chi connectivity index (χ2v) is 7.58. The Morgan fingerprint density at radius 3 is 2.29 bits per heavy atom. The zero-order valence-corrected chi connectivity index (χ0v) is 13.4. The number of thioether (sulfide) groups is 1. The summed E-state index contributed by atoms with van der Waals surface area (Å²) in [4.78, 5) is 23.7. The van der Waals surface area contributed by atoms with Crippen LogP contribution in [0.15, 0.2) is 24.3 Å². The van der Waals surface area contributed by atoms with Crippen LogP contribution in [0.1, 0.15) is 43.1 Å². The quantitative estimate of drug-likeness (QED) is 0.901. The Morgan fingerprint density at radius 2 is 1.86 bits per heavy atom. The van der Waals surface area contributed by atoms with Crippen LogP contribution in [0, 0.1) is 0 Å². The van der Waals surface area contributed by atoms with Crippen LogP contribution >= 0.6 is 11.8 Å². The van der Waals surface area contributed by atoms with E-state index in [1.807, 2.05) is 12.1 Å². The number of rotatable bonds is 3. The van der Waals surface area contributed by atoms with Crippen molar-refractivity contribution in [2.45, 2.75) is 38.1 Å². The summed E-state index contributed by atoms with van der Waals surface area (Å²) in [5.74, 6) is -0.0866. The van der Waals surface area contributed by atoms with E-state index in [-0.39, 0.29) is 11.3 Å². The lowest BCUT2D eigenvalue weighted by Gasteiger charge is -2.25. The molecule has 1 aliphatic rings. The highest BCUT2D eigenvalue weighted by Crippen LogP contribution is 2.29. The lowest BCUT2D eigenvalue weighted by Crippen LogP contribution is -2.54. The lowest BCUT2D eigenvalue weighted by molar-refractivity contribution is -0.143. The van der Waals surface area contributed by atoms with Crippen molar-refractivity contribution < 1.29 is 14.7 Å². The molecular weight excluding hydrogens is 286 g/mol. The first kappa shape index (κ1) is 15.9. The standard InChI is InChI=1S/C16H21NO3S/c1-15(2,3)12-6-4-11(5-7-12)13(18)17-16(14(19)20)8-9-21-10-16/h4-7H,8-10H2,1-3H3,(H,17,18)(H,19,20). The smallest absolute Gasteiger partial charge is 0.330 e. The van der Waals surface area contributed by atoms with Gasteiger partial charge in [-0.15, -0.1) is 0 Å².